The summed E-state index contributed by atoms with van der Waals surface area (Å²) < 4.78 is 10.1. The van der Waals surface area contributed by atoms with E-state index in [1.165, 1.54) is 12.7 Å². The summed E-state index contributed by atoms with van der Waals surface area (Å²) >= 11 is 0. The minimum atomic E-state index is -0.510. The van der Waals surface area contributed by atoms with Crippen LogP contribution in [0, 0.1) is 0 Å². The molecule has 1 aromatic rings. The molecule has 100 valence electrons. The third-order valence-corrected chi connectivity index (χ3v) is 2.67. The molecule has 1 unspecified atom stereocenters. The average Bonchev–Trinajstić information content (AvgIpc) is 2.42. The lowest BCUT2D eigenvalue weighted by Gasteiger charge is -2.09. The highest BCUT2D eigenvalue weighted by atomic mass is 16.5. The van der Waals surface area contributed by atoms with E-state index in [0.29, 0.717) is 19.6 Å². The quantitative estimate of drug-likeness (QED) is 0.566. The first-order chi connectivity index (χ1) is 8.74. The van der Waals surface area contributed by atoms with Crippen LogP contribution >= 0.6 is 0 Å². The molecule has 0 aromatic heterocycles. The molecule has 1 aromatic carbocycles. The maximum Gasteiger partial charge on any atom is 0.322 e. The average molecular weight is 251 g/mol. The third kappa shape index (κ3) is 5.80. The Morgan fingerprint density at radius 3 is 2.67 bits per heavy atom. The Morgan fingerprint density at radius 2 is 2.00 bits per heavy atom. The summed E-state index contributed by atoms with van der Waals surface area (Å²) in [7, 11) is 1.35. The first kappa shape index (κ1) is 14.7. The van der Waals surface area contributed by atoms with Crippen molar-refractivity contribution in [3.8, 4) is 0 Å². The lowest BCUT2D eigenvalue weighted by atomic mass is 10.1. The zero-order chi connectivity index (χ0) is 13.2. The molecule has 0 amide bonds. The van der Waals surface area contributed by atoms with Crippen LogP contribution in [0.2, 0.25) is 0 Å². The molecule has 0 saturated heterocycles. The van der Waals surface area contributed by atoms with Crippen LogP contribution in [0.1, 0.15) is 24.8 Å². The molecule has 0 saturated carbocycles. The molecule has 18 heavy (non-hydrogen) atoms. The van der Waals surface area contributed by atoms with Crippen molar-refractivity contribution in [1.82, 2.24) is 0 Å². The number of carbonyl (C=O) groups is 1. The largest absolute Gasteiger partial charge is 0.468 e. The van der Waals surface area contributed by atoms with Gasteiger partial charge in [-0.15, -0.1) is 0 Å². The summed E-state index contributed by atoms with van der Waals surface area (Å²) in [5.74, 6) is -0.347. The van der Waals surface area contributed by atoms with Gasteiger partial charge in [0.2, 0.25) is 0 Å². The van der Waals surface area contributed by atoms with Crippen molar-refractivity contribution in [3.05, 3.63) is 35.9 Å². The number of carbonyl (C=O) groups excluding carboxylic acids is 1. The Balaban J connectivity index is 2.01. The number of unbranched alkanes of at least 4 members (excludes halogenated alkanes) is 1. The van der Waals surface area contributed by atoms with Gasteiger partial charge in [0.25, 0.3) is 0 Å². The number of ether oxygens (including phenoxy) is 2. The standard InChI is InChI=1S/C14H21NO3/c1-17-14(16)13(15)9-5-6-10-18-11-12-7-3-2-4-8-12/h2-4,7-8,13H,5-6,9-11,15H2,1H3. The maximum atomic E-state index is 11.0. The van der Waals surface area contributed by atoms with E-state index in [4.69, 9.17) is 10.5 Å². The van der Waals surface area contributed by atoms with Gasteiger partial charge in [0.05, 0.1) is 13.7 Å². The Kier molecular flexibility index (Phi) is 7.06. The SMILES string of the molecule is COC(=O)C(N)CCCCOCc1ccccc1. The Morgan fingerprint density at radius 1 is 1.28 bits per heavy atom. The van der Waals surface area contributed by atoms with Crippen molar-refractivity contribution in [1.29, 1.82) is 0 Å². The number of hydrogen-bond donors (Lipinski definition) is 1. The van der Waals surface area contributed by atoms with Gasteiger partial charge >= 0.3 is 5.97 Å². The van der Waals surface area contributed by atoms with Gasteiger partial charge in [-0.05, 0) is 24.8 Å². The molecular formula is C14H21NO3. The van der Waals surface area contributed by atoms with E-state index in [-0.39, 0.29) is 5.97 Å². The summed E-state index contributed by atoms with van der Waals surface area (Å²) in [6.07, 6.45) is 2.41. The molecule has 0 spiro atoms. The molecule has 1 atom stereocenters. The van der Waals surface area contributed by atoms with Crippen LogP contribution in [0.4, 0.5) is 0 Å². The van der Waals surface area contributed by atoms with Gasteiger partial charge in [-0.3, -0.25) is 4.79 Å². The molecule has 0 heterocycles. The number of nitrogens with two attached hydrogens (primary N) is 1. The van der Waals surface area contributed by atoms with E-state index in [9.17, 15) is 4.79 Å². The number of rotatable bonds is 8. The van der Waals surface area contributed by atoms with E-state index in [1.54, 1.807) is 0 Å². The highest BCUT2D eigenvalue weighted by Gasteiger charge is 2.12. The first-order valence-electron chi connectivity index (χ1n) is 6.19. The molecule has 0 aliphatic heterocycles. The summed E-state index contributed by atoms with van der Waals surface area (Å²) in [5, 5.41) is 0. The second-order valence-electron chi connectivity index (χ2n) is 4.16. The van der Waals surface area contributed by atoms with E-state index in [1.807, 2.05) is 30.3 Å². The van der Waals surface area contributed by atoms with E-state index in [0.717, 1.165) is 12.8 Å². The molecule has 0 radical (unpaired) electrons. The third-order valence-electron chi connectivity index (χ3n) is 2.67. The van der Waals surface area contributed by atoms with Gasteiger partial charge in [0.15, 0.2) is 0 Å². The zero-order valence-corrected chi connectivity index (χ0v) is 10.8. The fraction of sp³-hybridized carbons (Fsp3) is 0.500. The van der Waals surface area contributed by atoms with Crippen LogP contribution in [0.3, 0.4) is 0 Å². The second-order valence-corrected chi connectivity index (χ2v) is 4.16. The minimum absolute atomic E-state index is 0.347. The Labute approximate surface area is 108 Å². The summed E-state index contributed by atoms with van der Waals surface area (Å²) in [4.78, 5) is 11.0. The fourth-order valence-corrected chi connectivity index (χ4v) is 1.60. The second kappa shape index (κ2) is 8.66. The lowest BCUT2D eigenvalue weighted by Crippen LogP contribution is -2.31. The summed E-state index contributed by atoms with van der Waals surface area (Å²) in [6, 6.07) is 9.53. The highest BCUT2D eigenvalue weighted by Crippen LogP contribution is 2.04. The Hall–Kier alpha value is -1.39. The molecule has 1 rings (SSSR count). The van der Waals surface area contributed by atoms with E-state index in [2.05, 4.69) is 4.74 Å². The molecule has 0 fully saturated rings. The van der Waals surface area contributed by atoms with Crippen LogP contribution in [0.25, 0.3) is 0 Å². The van der Waals surface area contributed by atoms with Crippen molar-refractivity contribution in [2.45, 2.75) is 31.9 Å². The van der Waals surface area contributed by atoms with Crippen LogP contribution in [0.15, 0.2) is 30.3 Å². The predicted octanol–water partition coefficient (Wildman–Crippen LogP) is 1.87. The molecule has 0 aliphatic rings. The highest BCUT2D eigenvalue weighted by molar-refractivity contribution is 5.75. The molecule has 4 heteroatoms. The minimum Gasteiger partial charge on any atom is -0.468 e. The normalized spacial score (nSPS) is 12.1. The van der Waals surface area contributed by atoms with Gasteiger partial charge in [0.1, 0.15) is 6.04 Å². The van der Waals surface area contributed by atoms with Crippen molar-refractivity contribution >= 4 is 5.97 Å². The van der Waals surface area contributed by atoms with E-state index >= 15 is 0 Å². The Bertz CT molecular complexity index is 340. The number of hydrogen-bond acceptors (Lipinski definition) is 4. The number of esters is 1. The summed E-state index contributed by atoms with van der Waals surface area (Å²) in [5.41, 5.74) is 6.79. The first-order valence-corrected chi connectivity index (χ1v) is 6.19. The number of methoxy groups -OCH3 is 1. The lowest BCUT2D eigenvalue weighted by molar-refractivity contribution is -0.142. The van der Waals surface area contributed by atoms with Crippen molar-refractivity contribution in [3.63, 3.8) is 0 Å². The van der Waals surface area contributed by atoms with Gasteiger partial charge in [-0.25, -0.2) is 0 Å². The van der Waals surface area contributed by atoms with Crippen LogP contribution < -0.4 is 5.73 Å². The van der Waals surface area contributed by atoms with Gasteiger partial charge in [-0.2, -0.15) is 0 Å². The van der Waals surface area contributed by atoms with Gasteiger partial charge in [-0.1, -0.05) is 30.3 Å². The molecule has 4 nitrogen and oxygen atoms in total. The maximum absolute atomic E-state index is 11.0. The van der Waals surface area contributed by atoms with Crippen molar-refractivity contribution in [2.24, 2.45) is 5.73 Å². The number of benzene rings is 1. The smallest absolute Gasteiger partial charge is 0.322 e. The van der Waals surface area contributed by atoms with Gasteiger partial charge < -0.3 is 15.2 Å². The predicted molar refractivity (Wildman–Crippen MR) is 69.9 cm³/mol. The summed E-state index contributed by atoms with van der Waals surface area (Å²) in [6.45, 7) is 1.31. The monoisotopic (exact) mass is 251 g/mol. The van der Waals surface area contributed by atoms with Crippen LogP contribution in [-0.4, -0.2) is 25.7 Å². The topological polar surface area (TPSA) is 61.5 Å². The van der Waals surface area contributed by atoms with Crippen molar-refractivity contribution in [2.75, 3.05) is 13.7 Å². The van der Waals surface area contributed by atoms with Gasteiger partial charge in [0, 0.05) is 6.61 Å². The molecule has 0 bridgehead atoms. The zero-order valence-electron chi connectivity index (χ0n) is 10.8. The molecule has 0 aliphatic carbocycles. The van der Waals surface area contributed by atoms with Crippen LogP contribution in [0.5, 0.6) is 0 Å². The van der Waals surface area contributed by atoms with E-state index < -0.39 is 6.04 Å². The molecular weight excluding hydrogens is 230 g/mol. The van der Waals surface area contributed by atoms with Crippen molar-refractivity contribution < 1.29 is 14.3 Å². The fourth-order valence-electron chi connectivity index (χ4n) is 1.60. The van der Waals surface area contributed by atoms with Crippen LogP contribution in [-0.2, 0) is 20.9 Å². The molecule has 2 N–H and O–H groups in total.